The van der Waals surface area contributed by atoms with E-state index in [9.17, 15) is 0 Å². The summed E-state index contributed by atoms with van der Waals surface area (Å²) in [4.78, 5) is 20.4. The van der Waals surface area contributed by atoms with Crippen molar-refractivity contribution < 1.29 is 4.74 Å². The predicted octanol–water partition coefficient (Wildman–Crippen LogP) is 2.52. The van der Waals surface area contributed by atoms with Crippen LogP contribution >= 0.6 is 0 Å². The van der Waals surface area contributed by atoms with E-state index in [0.29, 0.717) is 5.82 Å². The molecule has 1 saturated heterocycles. The quantitative estimate of drug-likeness (QED) is 0.541. The van der Waals surface area contributed by atoms with Crippen LogP contribution in [-0.4, -0.2) is 56.0 Å². The molecule has 1 atom stereocenters. The summed E-state index contributed by atoms with van der Waals surface area (Å²) in [7, 11) is 1.66. The topological polar surface area (TPSA) is 108 Å². The lowest BCUT2D eigenvalue weighted by atomic mass is 10.1. The van der Waals surface area contributed by atoms with Gasteiger partial charge in [-0.15, -0.1) is 0 Å². The Morgan fingerprint density at radius 2 is 2.00 bits per heavy atom. The van der Waals surface area contributed by atoms with Gasteiger partial charge >= 0.3 is 0 Å². The lowest BCUT2D eigenvalue weighted by Gasteiger charge is -2.32. The number of rotatable bonds is 4. The fourth-order valence-electron chi connectivity index (χ4n) is 3.96. The number of piperidine rings is 1. The highest BCUT2D eigenvalue weighted by Crippen LogP contribution is 2.30. The molecule has 4 aromatic rings. The second-order valence-electron chi connectivity index (χ2n) is 7.77. The van der Waals surface area contributed by atoms with Crippen molar-refractivity contribution in [2.45, 2.75) is 25.8 Å². The van der Waals surface area contributed by atoms with Gasteiger partial charge in [-0.05, 0) is 38.0 Å². The molecule has 0 saturated carbocycles. The molecule has 31 heavy (non-hydrogen) atoms. The molecule has 0 bridgehead atoms. The number of nitrogens with two attached hydrogens (primary N) is 1. The zero-order chi connectivity index (χ0) is 21.4. The molecule has 9 nitrogen and oxygen atoms in total. The van der Waals surface area contributed by atoms with Crippen molar-refractivity contribution in [2.75, 3.05) is 25.1 Å². The Morgan fingerprint density at radius 1 is 1.10 bits per heavy atom. The third-order valence-electron chi connectivity index (χ3n) is 5.49. The third-order valence-corrected chi connectivity index (χ3v) is 5.49. The molecule has 0 amide bonds. The Hall–Kier alpha value is -3.59. The summed E-state index contributed by atoms with van der Waals surface area (Å²) in [5.41, 5.74) is 9.39. The van der Waals surface area contributed by atoms with E-state index < -0.39 is 0 Å². The van der Waals surface area contributed by atoms with Crippen molar-refractivity contribution in [1.29, 1.82) is 0 Å². The SMILES string of the molecule is COc1ccc(-n2ncc3cnc(-c4cncc(C)n4)cc32)nc1N1CCCC(N)C1. The summed E-state index contributed by atoms with van der Waals surface area (Å²) in [5.74, 6) is 2.22. The second-order valence-corrected chi connectivity index (χ2v) is 7.77. The molecule has 1 aliphatic heterocycles. The van der Waals surface area contributed by atoms with Gasteiger partial charge in [0.2, 0.25) is 0 Å². The number of ether oxygens (including phenoxy) is 1. The van der Waals surface area contributed by atoms with Gasteiger partial charge in [0.25, 0.3) is 0 Å². The number of fused-ring (bicyclic) bond motifs is 1. The Morgan fingerprint density at radius 3 is 2.81 bits per heavy atom. The highest BCUT2D eigenvalue weighted by atomic mass is 16.5. The first-order valence-corrected chi connectivity index (χ1v) is 10.3. The van der Waals surface area contributed by atoms with Gasteiger partial charge < -0.3 is 15.4 Å². The average Bonchev–Trinajstić information content (AvgIpc) is 3.22. The maximum Gasteiger partial charge on any atom is 0.173 e. The first-order chi connectivity index (χ1) is 15.1. The molecular formula is C22H24N8O. The van der Waals surface area contributed by atoms with E-state index in [4.69, 9.17) is 15.5 Å². The summed E-state index contributed by atoms with van der Waals surface area (Å²) in [6.45, 7) is 3.57. The van der Waals surface area contributed by atoms with Crippen molar-refractivity contribution in [2.24, 2.45) is 5.73 Å². The molecule has 5 rings (SSSR count). The van der Waals surface area contributed by atoms with Crippen molar-refractivity contribution >= 4 is 16.7 Å². The van der Waals surface area contributed by atoms with E-state index in [1.165, 1.54) is 0 Å². The maximum absolute atomic E-state index is 6.20. The first-order valence-electron chi connectivity index (χ1n) is 10.3. The minimum atomic E-state index is 0.138. The fourth-order valence-corrected chi connectivity index (χ4v) is 3.96. The molecule has 0 spiro atoms. The zero-order valence-electron chi connectivity index (χ0n) is 17.6. The zero-order valence-corrected chi connectivity index (χ0v) is 17.6. The molecule has 4 aromatic heterocycles. The molecule has 1 fully saturated rings. The van der Waals surface area contributed by atoms with E-state index in [-0.39, 0.29) is 6.04 Å². The third kappa shape index (κ3) is 3.68. The van der Waals surface area contributed by atoms with Crippen molar-refractivity contribution in [1.82, 2.24) is 29.7 Å². The molecule has 0 aliphatic carbocycles. The molecule has 2 N–H and O–H groups in total. The van der Waals surface area contributed by atoms with Gasteiger partial charge in [-0.1, -0.05) is 0 Å². The summed E-state index contributed by atoms with van der Waals surface area (Å²) in [6, 6.07) is 5.94. The average molecular weight is 416 g/mol. The summed E-state index contributed by atoms with van der Waals surface area (Å²) >= 11 is 0. The summed E-state index contributed by atoms with van der Waals surface area (Å²) in [6.07, 6.45) is 9.09. The van der Waals surface area contributed by atoms with Crippen LogP contribution in [0.5, 0.6) is 5.75 Å². The number of methoxy groups -OCH3 is 1. The normalized spacial score (nSPS) is 16.6. The van der Waals surface area contributed by atoms with Gasteiger partial charge in [0.1, 0.15) is 5.69 Å². The molecule has 0 radical (unpaired) electrons. The van der Waals surface area contributed by atoms with Crippen LogP contribution in [0.25, 0.3) is 28.1 Å². The summed E-state index contributed by atoms with van der Waals surface area (Å²) < 4.78 is 7.40. The lowest BCUT2D eigenvalue weighted by molar-refractivity contribution is 0.408. The predicted molar refractivity (Wildman–Crippen MR) is 118 cm³/mol. The van der Waals surface area contributed by atoms with E-state index in [1.54, 1.807) is 31.9 Å². The van der Waals surface area contributed by atoms with E-state index >= 15 is 0 Å². The standard InChI is InChI=1S/C22H24N8O/c1-14-9-24-12-18(27-14)17-8-19-15(10-25-17)11-26-30(19)21-6-5-20(31-2)22(28-21)29-7-3-4-16(23)13-29/h5-6,8-12,16H,3-4,7,13,23H2,1-2H3. The molecule has 9 heteroatoms. The van der Waals surface area contributed by atoms with Gasteiger partial charge in [0, 0.05) is 36.9 Å². The highest BCUT2D eigenvalue weighted by Gasteiger charge is 2.22. The molecule has 158 valence electrons. The van der Waals surface area contributed by atoms with Crippen molar-refractivity contribution in [3.8, 4) is 23.0 Å². The van der Waals surface area contributed by atoms with Crippen LogP contribution in [0.3, 0.4) is 0 Å². The van der Waals surface area contributed by atoms with E-state index in [0.717, 1.165) is 65.5 Å². The van der Waals surface area contributed by atoms with Crippen LogP contribution in [0, 0.1) is 6.92 Å². The number of pyridine rings is 2. The van der Waals surface area contributed by atoms with Crippen LogP contribution < -0.4 is 15.4 Å². The minimum absolute atomic E-state index is 0.138. The Balaban J connectivity index is 1.59. The Labute approximate surface area is 179 Å². The van der Waals surface area contributed by atoms with Gasteiger partial charge in [-0.2, -0.15) is 5.10 Å². The number of anilines is 1. The molecular weight excluding hydrogens is 392 g/mol. The van der Waals surface area contributed by atoms with E-state index in [1.807, 2.05) is 29.8 Å². The Bertz CT molecular complexity index is 1240. The molecule has 5 heterocycles. The van der Waals surface area contributed by atoms with Gasteiger partial charge in [0.05, 0.1) is 36.4 Å². The number of aromatic nitrogens is 6. The number of aryl methyl sites for hydroxylation is 1. The fraction of sp³-hybridized carbons (Fsp3) is 0.318. The molecule has 1 unspecified atom stereocenters. The smallest absolute Gasteiger partial charge is 0.173 e. The van der Waals surface area contributed by atoms with Gasteiger partial charge in [-0.25, -0.2) is 14.6 Å². The maximum atomic E-state index is 6.20. The monoisotopic (exact) mass is 416 g/mol. The van der Waals surface area contributed by atoms with Crippen LogP contribution in [0.4, 0.5) is 5.82 Å². The van der Waals surface area contributed by atoms with Crippen LogP contribution in [0.15, 0.2) is 43.0 Å². The number of nitrogens with zero attached hydrogens (tertiary/aromatic N) is 7. The first kappa shape index (κ1) is 19.4. The molecule has 0 aromatic carbocycles. The van der Waals surface area contributed by atoms with Crippen LogP contribution in [0.2, 0.25) is 0 Å². The largest absolute Gasteiger partial charge is 0.493 e. The van der Waals surface area contributed by atoms with Crippen LogP contribution in [0.1, 0.15) is 18.5 Å². The molecule has 1 aliphatic rings. The highest BCUT2D eigenvalue weighted by molar-refractivity contribution is 5.82. The van der Waals surface area contributed by atoms with Crippen molar-refractivity contribution in [3.05, 3.63) is 48.7 Å². The van der Waals surface area contributed by atoms with E-state index in [2.05, 4.69) is 25.0 Å². The van der Waals surface area contributed by atoms with Crippen molar-refractivity contribution in [3.63, 3.8) is 0 Å². The Kier molecular flexibility index (Phi) is 4.95. The number of hydrogen-bond acceptors (Lipinski definition) is 8. The van der Waals surface area contributed by atoms with Gasteiger partial charge in [-0.3, -0.25) is 9.97 Å². The summed E-state index contributed by atoms with van der Waals surface area (Å²) in [5, 5.41) is 5.49. The van der Waals surface area contributed by atoms with Gasteiger partial charge in [0.15, 0.2) is 17.4 Å². The van der Waals surface area contributed by atoms with Crippen LogP contribution in [-0.2, 0) is 0 Å². The minimum Gasteiger partial charge on any atom is -0.493 e. The number of hydrogen-bond donors (Lipinski definition) is 1. The second kappa shape index (κ2) is 7.92. The lowest BCUT2D eigenvalue weighted by Crippen LogP contribution is -2.43.